The van der Waals surface area contributed by atoms with Crippen molar-refractivity contribution in [2.24, 2.45) is 0 Å². The zero-order valence-corrected chi connectivity index (χ0v) is 14.4. The second-order valence-electron chi connectivity index (χ2n) is 6.39. The van der Waals surface area contributed by atoms with E-state index >= 15 is 0 Å². The van der Waals surface area contributed by atoms with E-state index in [0.717, 1.165) is 32.4 Å². The Kier molecular flexibility index (Phi) is 5.08. The minimum atomic E-state index is -0.414. The van der Waals surface area contributed by atoms with E-state index in [0.29, 0.717) is 30.2 Å². The standard InChI is InChI=1S/C18H26N2O4/c1-3-15(17(21)13-4-5-16(22-2)14(19)12-13)20-8-6-18(7-9-20)23-10-11-24-18/h4-5,12,15H,3,6-11,19H2,1-2H3. The van der Waals surface area contributed by atoms with E-state index in [1.807, 2.05) is 6.92 Å². The molecule has 2 saturated heterocycles. The van der Waals surface area contributed by atoms with Crippen LogP contribution in [0.2, 0.25) is 0 Å². The van der Waals surface area contributed by atoms with Crippen LogP contribution in [0.4, 0.5) is 5.69 Å². The highest BCUT2D eigenvalue weighted by Gasteiger charge is 2.41. The maximum absolute atomic E-state index is 12.9. The maximum Gasteiger partial charge on any atom is 0.180 e. The van der Waals surface area contributed by atoms with E-state index in [2.05, 4.69) is 4.90 Å². The molecule has 1 atom stereocenters. The van der Waals surface area contributed by atoms with Gasteiger partial charge >= 0.3 is 0 Å². The van der Waals surface area contributed by atoms with E-state index in [1.54, 1.807) is 25.3 Å². The molecule has 2 aliphatic heterocycles. The number of nitrogens with two attached hydrogens (primary N) is 1. The number of carbonyl (C=O) groups excluding carboxylic acids is 1. The number of carbonyl (C=O) groups is 1. The van der Waals surface area contributed by atoms with Crippen molar-refractivity contribution in [3.8, 4) is 5.75 Å². The summed E-state index contributed by atoms with van der Waals surface area (Å²) in [4.78, 5) is 15.2. The van der Waals surface area contributed by atoms with Crippen LogP contribution in [-0.2, 0) is 9.47 Å². The van der Waals surface area contributed by atoms with Crippen molar-refractivity contribution in [3.05, 3.63) is 23.8 Å². The van der Waals surface area contributed by atoms with Gasteiger partial charge in [0, 0.05) is 31.5 Å². The first-order valence-electron chi connectivity index (χ1n) is 8.58. The number of nitrogen functional groups attached to an aromatic ring is 1. The molecule has 0 radical (unpaired) electrons. The second kappa shape index (κ2) is 7.09. The molecule has 2 aliphatic rings. The van der Waals surface area contributed by atoms with Crippen LogP contribution in [0, 0.1) is 0 Å². The predicted molar refractivity (Wildman–Crippen MR) is 91.3 cm³/mol. The van der Waals surface area contributed by atoms with Gasteiger partial charge in [0.25, 0.3) is 0 Å². The number of piperidine rings is 1. The van der Waals surface area contributed by atoms with Crippen molar-refractivity contribution >= 4 is 11.5 Å². The smallest absolute Gasteiger partial charge is 0.180 e. The molecule has 0 saturated carbocycles. The third kappa shape index (κ3) is 3.27. The maximum atomic E-state index is 12.9. The van der Waals surface area contributed by atoms with Gasteiger partial charge in [-0.25, -0.2) is 0 Å². The number of methoxy groups -OCH3 is 1. The molecule has 1 spiro atoms. The molecule has 0 bridgehead atoms. The predicted octanol–water partition coefficient (Wildman–Crippen LogP) is 2.08. The third-order valence-electron chi connectivity index (χ3n) is 5.02. The minimum Gasteiger partial charge on any atom is -0.495 e. The highest BCUT2D eigenvalue weighted by atomic mass is 16.7. The van der Waals surface area contributed by atoms with Crippen molar-refractivity contribution in [2.45, 2.75) is 38.0 Å². The molecule has 6 nitrogen and oxygen atoms in total. The largest absolute Gasteiger partial charge is 0.495 e. The highest BCUT2D eigenvalue weighted by molar-refractivity contribution is 6.01. The fraction of sp³-hybridized carbons (Fsp3) is 0.611. The number of nitrogens with zero attached hydrogens (tertiary/aromatic N) is 1. The number of Topliss-reactive ketones (excluding diaryl/α,β-unsaturated/α-hetero) is 1. The monoisotopic (exact) mass is 334 g/mol. The SMILES string of the molecule is CCC(C(=O)c1ccc(OC)c(N)c1)N1CCC2(CC1)OCCO2. The Morgan fingerprint density at radius 2 is 2.00 bits per heavy atom. The van der Waals surface area contributed by atoms with Crippen LogP contribution in [0.25, 0.3) is 0 Å². The number of anilines is 1. The fourth-order valence-electron chi connectivity index (χ4n) is 3.65. The lowest BCUT2D eigenvalue weighted by atomic mass is 9.96. The molecule has 0 amide bonds. The number of ketones is 1. The lowest BCUT2D eigenvalue weighted by Gasteiger charge is -2.40. The Morgan fingerprint density at radius 1 is 1.33 bits per heavy atom. The zero-order chi connectivity index (χ0) is 17.2. The number of ether oxygens (including phenoxy) is 3. The molecule has 132 valence electrons. The summed E-state index contributed by atoms with van der Waals surface area (Å²) in [5, 5.41) is 0. The molecular formula is C18H26N2O4. The quantitative estimate of drug-likeness (QED) is 0.656. The average molecular weight is 334 g/mol. The molecule has 2 heterocycles. The van der Waals surface area contributed by atoms with Crippen LogP contribution in [-0.4, -0.2) is 55.9 Å². The molecule has 0 aliphatic carbocycles. The number of hydrogen-bond donors (Lipinski definition) is 1. The van der Waals surface area contributed by atoms with Crippen LogP contribution in [0.5, 0.6) is 5.75 Å². The molecule has 24 heavy (non-hydrogen) atoms. The van der Waals surface area contributed by atoms with Crippen molar-refractivity contribution in [3.63, 3.8) is 0 Å². The van der Waals surface area contributed by atoms with Crippen molar-refractivity contribution in [1.29, 1.82) is 0 Å². The fourth-order valence-corrected chi connectivity index (χ4v) is 3.65. The lowest BCUT2D eigenvalue weighted by Crippen LogP contribution is -2.51. The normalized spacial score (nSPS) is 21.8. The van der Waals surface area contributed by atoms with Gasteiger partial charge < -0.3 is 19.9 Å². The third-order valence-corrected chi connectivity index (χ3v) is 5.02. The molecule has 2 N–H and O–H groups in total. The van der Waals surface area contributed by atoms with Crippen LogP contribution in [0.1, 0.15) is 36.5 Å². The van der Waals surface area contributed by atoms with Gasteiger partial charge in [-0.15, -0.1) is 0 Å². The van der Waals surface area contributed by atoms with E-state index in [1.165, 1.54) is 0 Å². The van der Waals surface area contributed by atoms with Gasteiger partial charge in [0.2, 0.25) is 0 Å². The average Bonchev–Trinajstić information content (AvgIpc) is 3.05. The Morgan fingerprint density at radius 3 is 2.54 bits per heavy atom. The Labute approximate surface area is 142 Å². The van der Waals surface area contributed by atoms with Crippen molar-refractivity contribution in [1.82, 2.24) is 4.90 Å². The number of benzene rings is 1. The molecule has 1 aromatic rings. The highest BCUT2D eigenvalue weighted by Crippen LogP contribution is 2.33. The van der Waals surface area contributed by atoms with Gasteiger partial charge in [-0.05, 0) is 24.6 Å². The van der Waals surface area contributed by atoms with Crippen LogP contribution in [0.15, 0.2) is 18.2 Å². The van der Waals surface area contributed by atoms with Gasteiger partial charge in [-0.2, -0.15) is 0 Å². The van der Waals surface area contributed by atoms with E-state index < -0.39 is 5.79 Å². The van der Waals surface area contributed by atoms with Gasteiger partial charge in [-0.3, -0.25) is 9.69 Å². The number of likely N-dealkylation sites (tertiary alicyclic amines) is 1. The number of hydrogen-bond acceptors (Lipinski definition) is 6. The summed E-state index contributed by atoms with van der Waals surface area (Å²) >= 11 is 0. The minimum absolute atomic E-state index is 0.107. The zero-order valence-electron chi connectivity index (χ0n) is 14.4. The topological polar surface area (TPSA) is 74.0 Å². The summed E-state index contributed by atoms with van der Waals surface area (Å²) in [6.07, 6.45) is 2.38. The summed E-state index contributed by atoms with van der Waals surface area (Å²) < 4.78 is 16.7. The summed E-state index contributed by atoms with van der Waals surface area (Å²) in [6.45, 7) is 4.98. The van der Waals surface area contributed by atoms with E-state index in [-0.39, 0.29) is 11.8 Å². The Bertz CT molecular complexity index is 589. The Hall–Kier alpha value is -1.63. The molecule has 6 heteroatoms. The van der Waals surface area contributed by atoms with Gasteiger partial charge in [0.15, 0.2) is 11.6 Å². The first-order chi connectivity index (χ1) is 11.6. The van der Waals surface area contributed by atoms with E-state index in [9.17, 15) is 4.79 Å². The number of rotatable bonds is 5. The summed E-state index contributed by atoms with van der Waals surface area (Å²) in [5.41, 5.74) is 7.07. The van der Waals surface area contributed by atoms with Crippen molar-refractivity contribution < 1.29 is 19.0 Å². The van der Waals surface area contributed by atoms with Gasteiger partial charge in [0.1, 0.15) is 5.75 Å². The lowest BCUT2D eigenvalue weighted by molar-refractivity contribution is -0.186. The summed E-state index contributed by atoms with van der Waals surface area (Å²) in [7, 11) is 1.57. The molecule has 2 fully saturated rings. The van der Waals surface area contributed by atoms with Crippen LogP contribution >= 0.6 is 0 Å². The van der Waals surface area contributed by atoms with Gasteiger partial charge in [0.05, 0.1) is 32.1 Å². The van der Waals surface area contributed by atoms with E-state index in [4.69, 9.17) is 19.9 Å². The Balaban J connectivity index is 1.69. The first-order valence-corrected chi connectivity index (χ1v) is 8.58. The summed E-state index contributed by atoms with van der Waals surface area (Å²) in [5.74, 6) is 0.286. The van der Waals surface area contributed by atoms with Crippen LogP contribution < -0.4 is 10.5 Å². The van der Waals surface area contributed by atoms with Crippen LogP contribution in [0.3, 0.4) is 0 Å². The molecule has 0 aromatic heterocycles. The summed E-state index contributed by atoms with van der Waals surface area (Å²) in [6, 6.07) is 5.10. The van der Waals surface area contributed by atoms with Gasteiger partial charge in [-0.1, -0.05) is 6.92 Å². The molecular weight excluding hydrogens is 308 g/mol. The second-order valence-corrected chi connectivity index (χ2v) is 6.39. The molecule has 1 unspecified atom stereocenters. The van der Waals surface area contributed by atoms with Crippen molar-refractivity contribution in [2.75, 3.05) is 39.1 Å². The molecule has 1 aromatic carbocycles. The molecule has 3 rings (SSSR count). The first kappa shape index (κ1) is 17.2.